The summed E-state index contributed by atoms with van der Waals surface area (Å²) < 4.78 is 7.11. The Hall–Kier alpha value is -2.02. The minimum Gasteiger partial charge on any atom is -0.332 e. The van der Waals surface area contributed by atoms with Gasteiger partial charge in [0.05, 0.1) is 4.70 Å². The molecule has 0 amide bonds. The highest BCUT2D eigenvalue weighted by atomic mass is 32.1. The van der Waals surface area contributed by atoms with E-state index in [4.69, 9.17) is 12.2 Å². The van der Waals surface area contributed by atoms with E-state index in [-0.39, 0.29) is 0 Å². The number of anilines is 2. The van der Waals surface area contributed by atoms with Gasteiger partial charge in [0.15, 0.2) is 5.11 Å². The summed E-state index contributed by atoms with van der Waals surface area (Å²) in [7, 11) is 0. The Balaban J connectivity index is 1.67. The summed E-state index contributed by atoms with van der Waals surface area (Å²) in [4.78, 5) is 0. The number of fused-ring (bicyclic) bond motifs is 3. The molecule has 4 aromatic rings. The van der Waals surface area contributed by atoms with Crippen molar-refractivity contribution >= 4 is 71.2 Å². The van der Waals surface area contributed by atoms with Crippen LogP contribution in [0.4, 0.5) is 10.7 Å². The molecule has 0 aliphatic rings. The topological polar surface area (TPSA) is 37.0 Å². The van der Waals surface area contributed by atoms with E-state index in [0.29, 0.717) is 5.11 Å². The zero-order chi connectivity index (χ0) is 16.7. The third-order valence-electron chi connectivity index (χ3n) is 3.80. The number of rotatable bonds is 2. The van der Waals surface area contributed by atoms with Gasteiger partial charge in [0, 0.05) is 15.8 Å². The van der Waals surface area contributed by atoms with Gasteiger partial charge in [-0.25, -0.2) is 0 Å². The lowest BCUT2D eigenvalue weighted by atomic mass is 10.1. The highest BCUT2D eigenvalue weighted by molar-refractivity contribution is 7.80. The molecule has 2 heterocycles. The Morgan fingerprint density at radius 1 is 1.08 bits per heavy atom. The summed E-state index contributed by atoms with van der Waals surface area (Å²) in [6, 6.07) is 14.4. The third-order valence-corrected chi connectivity index (χ3v) is 6.04. The van der Waals surface area contributed by atoms with Crippen molar-refractivity contribution in [3.05, 3.63) is 53.6 Å². The molecular formula is C18H15N3S3. The Morgan fingerprint density at radius 2 is 1.88 bits per heavy atom. The molecule has 2 aromatic carbocycles. The number of nitrogens with zero attached hydrogens (tertiary/aromatic N) is 1. The van der Waals surface area contributed by atoms with Crippen LogP contribution in [0.3, 0.4) is 0 Å². The van der Waals surface area contributed by atoms with E-state index in [9.17, 15) is 0 Å². The number of hydrogen-bond donors (Lipinski definition) is 2. The van der Waals surface area contributed by atoms with E-state index in [0.717, 1.165) is 16.2 Å². The smallest absolute Gasteiger partial charge is 0.175 e. The number of aromatic nitrogens is 1. The first-order valence-electron chi connectivity index (χ1n) is 7.54. The monoisotopic (exact) mass is 369 g/mol. The molecule has 0 aliphatic carbocycles. The first-order chi connectivity index (χ1) is 11.6. The fourth-order valence-corrected chi connectivity index (χ4v) is 5.31. The standard InChI is InChI=1S/C18H15N3S3/c1-10-8-11(2)14-13(9-10)23-16-15(14)21-24-17(16)20-18(22)19-12-6-4-3-5-7-12/h3-9H,1-2H3,(H2,19,20,22). The molecule has 0 bridgehead atoms. The average Bonchev–Trinajstić information content (AvgIpc) is 3.07. The maximum atomic E-state index is 5.44. The number of aryl methyl sites for hydroxylation is 2. The van der Waals surface area contributed by atoms with Crippen LogP contribution in [0.15, 0.2) is 42.5 Å². The molecular weight excluding hydrogens is 354 g/mol. The molecule has 0 saturated heterocycles. The first-order valence-corrected chi connectivity index (χ1v) is 9.54. The molecule has 0 fully saturated rings. The van der Waals surface area contributed by atoms with Crippen molar-refractivity contribution in [1.29, 1.82) is 0 Å². The van der Waals surface area contributed by atoms with Crippen molar-refractivity contribution in [2.75, 3.05) is 10.6 Å². The summed E-state index contributed by atoms with van der Waals surface area (Å²) in [6.45, 7) is 4.28. The minimum absolute atomic E-state index is 0.581. The predicted molar refractivity (Wildman–Crippen MR) is 111 cm³/mol. The SMILES string of the molecule is Cc1cc(C)c2c(c1)sc1c(NC(=S)Nc3ccccc3)snc12. The van der Waals surface area contributed by atoms with E-state index < -0.39 is 0 Å². The summed E-state index contributed by atoms with van der Waals surface area (Å²) in [5.41, 5.74) is 4.60. The lowest BCUT2D eigenvalue weighted by molar-refractivity contribution is 1.44. The zero-order valence-corrected chi connectivity index (χ0v) is 15.7. The Bertz CT molecular complexity index is 1050. The van der Waals surface area contributed by atoms with Gasteiger partial charge in [0.1, 0.15) is 10.5 Å². The fraction of sp³-hybridized carbons (Fsp3) is 0.111. The molecule has 0 atom stereocenters. The minimum atomic E-state index is 0.581. The van der Waals surface area contributed by atoms with Gasteiger partial charge in [-0.2, -0.15) is 4.37 Å². The van der Waals surface area contributed by atoms with Crippen LogP contribution in [-0.2, 0) is 0 Å². The molecule has 24 heavy (non-hydrogen) atoms. The van der Waals surface area contributed by atoms with Gasteiger partial charge in [0.2, 0.25) is 0 Å². The molecule has 0 unspecified atom stereocenters. The number of para-hydroxylation sites is 1. The Labute approximate surface area is 153 Å². The van der Waals surface area contributed by atoms with Gasteiger partial charge in [-0.05, 0) is 66.9 Å². The van der Waals surface area contributed by atoms with Crippen molar-refractivity contribution in [3.8, 4) is 0 Å². The van der Waals surface area contributed by atoms with Gasteiger partial charge in [0.25, 0.3) is 0 Å². The molecule has 0 spiro atoms. The average molecular weight is 370 g/mol. The maximum absolute atomic E-state index is 5.44. The van der Waals surface area contributed by atoms with Crippen LogP contribution < -0.4 is 10.6 Å². The van der Waals surface area contributed by atoms with Crippen LogP contribution in [0, 0.1) is 13.8 Å². The highest BCUT2D eigenvalue weighted by Gasteiger charge is 2.15. The van der Waals surface area contributed by atoms with Crippen LogP contribution in [0.5, 0.6) is 0 Å². The molecule has 3 nitrogen and oxygen atoms in total. The van der Waals surface area contributed by atoms with Gasteiger partial charge < -0.3 is 10.6 Å². The van der Waals surface area contributed by atoms with E-state index >= 15 is 0 Å². The van der Waals surface area contributed by atoms with E-state index in [2.05, 4.69) is 41.0 Å². The second kappa shape index (κ2) is 6.12. The van der Waals surface area contributed by atoms with Crippen molar-refractivity contribution in [3.63, 3.8) is 0 Å². The van der Waals surface area contributed by atoms with Crippen molar-refractivity contribution in [2.45, 2.75) is 13.8 Å². The van der Waals surface area contributed by atoms with Crippen molar-refractivity contribution < 1.29 is 0 Å². The zero-order valence-electron chi connectivity index (χ0n) is 13.2. The van der Waals surface area contributed by atoms with E-state index in [1.54, 1.807) is 11.3 Å². The number of nitrogens with one attached hydrogen (secondary N) is 2. The van der Waals surface area contributed by atoms with Crippen LogP contribution >= 0.6 is 35.1 Å². The lowest BCUT2D eigenvalue weighted by Crippen LogP contribution is -2.18. The summed E-state index contributed by atoms with van der Waals surface area (Å²) in [5.74, 6) is 0. The van der Waals surface area contributed by atoms with Crippen LogP contribution in [0.1, 0.15) is 11.1 Å². The largest absolute Gasteiger partial charge is 0.332 e. The third kappa shape index (κ3) is 2.77. The van der Waals surface area contributed by atoms with Crippen molar-refractivity contribution in [2.24, 2.45) is 0 Å². The van der Waals surface area contributed by atoms with Gasteiger partial charge in [-0.15, -0.1) is 11.3 Å². The quantitative estimate of drug-likeness (QED) is 0.429. The second-order valence-electron chi connectivity index (χ2n) is 5.69. The van der Waals surface area contributed by atoms with Crippen LogP contribution in [0.2, 0.25) is 0 Å². The summed E-state index contributed by atoms with van der Waals surface area (Å²) >= 11 is 8.66. The second-order valence-corrected chi connectivity index (χ2v) is 7.93. The predicted octanol–water partition coefficient (Wildman–Crippen LogP) is 5.94. The number of thiocarbonyl (C=S) groups is 1. The normalized spacial score (nSPS) is 11.1. The molecule has 2 N–H and O–H groups in total. The molecule has 120 valence electrons. The number of hydrogen-bond acceptors (Lipinski definition) is 4. The van der Waals surface area contributed by atoms with Gasteiger partial charge in [-0.1, -0.05) is 24.3 Å². The maximum Gasteiger partial charge on any atom is 0.175 e. The molecule has 6 heteroatoms. The molecule has 4 rings (SSSR count). The van der Waals surface area contributed by atoms with Crippen LogP contribution in [0.25, 0.3) is 20.3 Å². The van der Waals surface area contributed by atoms with Gasteiger partial charge in [-0.3, -0.25) is 0 Å². The number of benzene rings is 2. The lowest BCUT2D eigenvalue weighted by Gasteiger charge is -2.08. The highest BCUT2D eigenvalue weighted by Crippen LogP contribution is 2.41. The van der Waals surface area contributed by atoms with E-state index in [1.165, 1.54) is 37.4 Å². The summed E-state index contributed by atoms with van der Waals surface area (Å²) in [5, 5.41) is 9.33. The summed E-state index contributed by atoms with van der Waals surface area (Å²) in [6.07, 6.45) is 0. The Kier molecular flexibility index (Phi) is 3.96. The molecule has 0 radical (unpaired) electrons. The van der Waals surface area contributed by atoms with E-state index in [1.807, 2.05) is 30.3 Å². The fourth-order valence-electron chi connectivity index (χ4n) is 2.82. The van der Waals surface area contributed by atoms with Crippen molar-refractivity contribution in [1.82, 2.24) is 4.37 Å². The molecule has 2 aromatic heterocycles. The van der Waals surface area contributed by atoms with Gasteiger partial charge >= 0.3 is 0 Å². The molecule has 0 aliphatic heterocycles. The Morgan fingerprint density at radius 3 is 2.67 bits per heavy atom. The van der Waals surface area contributed by atoms with Crippen LogP contribution in [-0.4, -0.2) is 9.49 Å². The first kappa shape index (κ1) is 15.5. The number of thiophene rings is 1. The molecule has 0 saturated carbocycles.